The lowest BCUT2D eigenvalue weighted by Crippen LogP contribution is -2.35. The van der Waals surface area contributed by atoms with E-state index >= 15 is 0 Å². The molecule has 0 saturated carbocycles. The summed E-state index contributed by atoms with van der Waals surface area (Å²) in [5, 5.41) is 18.3. The minimum absolute atomic E-state index is 0.0324. The molecule has 0 spiro atoms. The molecule has 0 aliphatic heterocycles. The van der Waals surface area contributed by atoms with Crippen LogP contribution >= 0.6 is 0 Å². The molecule has 0 fully saturated rings. The highest BCUT2D eigenvalue weighted by Gasteiger charge is 2.30. The lowest BCUT2D eigenvalue weighted by molar-refractivity contribution is 0.0178. The Labute approximate surface area is 61.2 Å². The molecule has 0 aromatic rings. The van der Waals surface area contributed by atoms with E-state index in [1.807, 2.05) is 19.1 Å². The van der Waals surface area contributed by atoms with Gasteiger partial charge in [-0.2, -0.15) is 0 Å². The monoisotopic (exact) mass is 142 g/mol. The molecule has 2 nitrogen and oxygen atoms in total. The summed E-state index contributed by atoms with van der Waals surface area (Å²) in [5.74, 6) is 0. The Morgan fingerprint density at radius 1 is 1.70 bits per heavy atom. The van der Waals surface area contributed by atoms with Gasteiger partial charge in [0.05, 0.1) is 12.7 Å². The van der Waals surface area contributed by atoms with Crippen LogP contribution in [-0.2, 0) is 0 Å². The molecule has 0 aromatic carbocycles. The fraction of sp³-hybridized carbons (Fsp3) is 0.750. The summed E-state index contributed by atoms with van der Waals surface area (Å²) < 4.78 is 0. The predicted octanol–water partition coefficient (Wildman–Crippen LogP) is 0.696. The zero-order chi connectivity index (χ0) is 7.61. The van der Waals surface area contributed by atoms with Crippen LogP contribution in [0, 0.1) is 5.41 Å². The molecule has 2 N–H and O–H groups in total. The van der Waals surface area contributed by atoms with E-state index in [1.165, 1.54) is 0 Å². The van der Waals surface area contributed by atoms with E-state index in [0.717, 1.165) is 12.8 Å². The summed E-state index contributed by atoms with van der Waals surface area (Å²) in [6, 6.07) is 0. The van der Waals surface area contributed by atoms with Gasteiger partial charge < -0.3 is 10.2 Å². The van der Waals surface area contributed by atoms with Gasteiger partial charge in [0, 0.05) is 5.41 Å². The van der Waals surface area contributed by atoms with Crippen LogP contribution in [0.25, 0.3) is 0 Å². The maximum absolute atomic E-state index is 9.42. The average Bonchev–Trinajstić information content (AvgIpc) is 1.96. The first-order valence-electron chi connectivity index (χ1n) is 3.66. The second-order valence-electron chi connectivity index (χ2n) is 3.16. The molecule has 0 radical (unpaired) electrons. The molecule has 0 unspecified atom stereocenters. The SMILES string of the molecule is C[C@@]1(CO)C=CCC[C@H]1O. The number of aliphatic hydroxyl groups is 2. The van der Waals surface area contributed by atoms with Crippen LogP contribution < -0.4 is 0 Å². The number of hydrogen-bond donors (Lipinski definition) is 2. The Balaban J connectivity index is 2.71. The highest BCUT2D eigenvalue weighted by Crippen LogP contribution is 2.29. The van der Waals surface area contributed by atoms with Crippen molar-refractivity contribution in [2.24, 2.45) is 5.41 Å². The fourth-order valence-corrected chi connectivity index (χ4v) is 1.21. The van der Waals surface area contributed by atoms with Crippen molar-refractivity contribution in [1.29, 1.82) is 0 Å². The average molecular weight is 142 g/mol. The van der Waals surface area contributed by atoms with Gasteiger partial charge >= 0.3 is 0 Å². The first-order chi connectivity index (χ1) is 4.69. The Morgan fingerprint density at radius 3 is 2.80 bits per heavy atom. The third-order valence-corrected chi connectivity index (χ3v) is 2.21. The number of hydrogen-bond acceptors (Lipinski definition) is 2. The van der Waals surface area contributed by atoms with Crippen LogP contribution in [0.4, 0.5) is 0 Å². The van der Waals surface area contributed by atoms with Gasteiger partial charge in [-0.25, -0.2) is 0 Å². The van der Waals surface area contributed by atoms with E-state index < -0.39 is 5.41 Å². The van der Waals surface area contributed by atoms with E-state index in [0.29, 0.717) is 0 Å². The van der Waals surface area contributed by atoms with Crippen molar-refractivity contribution in [2.75, 3.05) is 6.61 Å². The molecule has 2 atom stereocenters. The summed E-state index contributed by atoms with van der Waals surface area (Å²) in [4.78, 5) is 0. The maximum atomic E-state index is 9.42. The molecule has 1 rings (SSSR count). The van der Waals surface area contributed by atoms with E-state index in [4.69, 9.17) is 5.11 Å². The zero-order valence-electron chi connectivity index (χ0n) is 6.25. The second-order valence-corrected chi connectivity index (χ2v) is 3.16. The predicted molar refractivity (Wildman–Crippen MR) is 39.6 cm³/mol. The molecular weight excluding hydrogens is 128 g/mol. The largest absolute Gasteiger partial charge is 0.395 e. The van der Waals surface area contributed by atoms with Crippen molar-refractivity contribution in [3.05, 3.63) is 12.2 Å². The Morgan fingerprint density at radius 2 is 2.40 bits per heavy atom. The smallest absolute Gasteiger partial charge is 0.0653 e. The van der Waals surface area contributed by atoms with Crippen LogP contribution in [0.2, 0.25) is 0 Å². The second kappa shape index (κ2) is 2.72. The van der Waals surface area contributed by atoms with E-state index in [2.05, 4.69) is 0 Å². The van der Waals surface area contributed by atoms with Gasteiger partial charge in [0.2, 0.25) is 0 Å². The van der Waals surface area contributed by atoms with Gasteiger partial charge in [-0.3, -0.25) is 0 Å². The molecule has 0 amide bonds. The van der Waals surface area contributed by atoms with Crippen molar-refractivity contribution in [3.8, 4) is 0 Å². The molecule has 1 aliphatic rings. The molecule has 2 heteroatoms. The van der Waals surface area contributed by atoms with Gasteiger partial charge in [0.25, 0.3) is 0 Å². The van der Waals surface area contributed by atoms with Crippen LogP contribution in [0.15, 0.2) is 12.2 Å². The van der Waals surface area contributed by atoms with Gasteiger partial charge in [-0.05, 0) is 12.8 Å². The molecule has 0 heterocycles. The van der Waals surface area contributed by atoms with Crippen molar-refractivity contribution >= 4 is 0 Å². The van der Waals surface area contributed by atoms with Gasteiger partial charge in [0.1, 0.15) is 0 Å². The van der Waals surface area contributed by atoms with Crippen molar-refractivity contribution in [2.45, 2.75) is 25.9 Å². The molecule has 0 bridgehead atoms. The fourth-order valence-electron chi connectivity index (χ4n) is 1.21. The Kier molecular flexibility index (Phi) is 2.11. The first kappa shape index (κ1) is 7.76. The lowest BCUT2D eigenvalue weighted by atomic mass is 9.79. The Hall–Kier alpha value is -0.340. The van der Waals surface area contributed by atoms with Crippen molar-refractivity contribution in [1.82, 2.24) is 0 Å². The molecule has 0 aromatic heterocycles. The van der Waals surface area contributed by atoms with Gasteiger partial charge in [-0.15, -0.1) is 0 Å². The summed E-state index contributed by atoms with van der Waals surface area (Å²) in [6.07, 6.45) is 5.25. The van der Waals surface area contributed by atoms with Crippen molar-refractivity contribution < 1.29 is 10.2 Å². The van der Waals surface area contributed by atoms with E-state index in [-0.39, 0.29) is 12.7 Å². The first-order valence-corrected chi connectivity index (χ1v) is 3.66. The minimum atomic E-state index is -0.391. The summed E-state index contributed by atoms with van der Waals surface area (Å²) >= 11 is 0. The Bertz CT molecular complexity index is 142. The normalized spacial score (nSPS) is 40.1. The van der Waals surface area contributed by atoms with Crippen LogP contribution in [-0.4, -0.2) is 22.9 Å². The number of rotatable bonds is 1. The zero-order valence-corrected chi connectivity index (χ0v) is 6.25. The maximum Gasteiger partial charge on any atom is 0.0653 e. The van der Waals surface area contributed by atoms with Gasteiger partial charge in [0.15, 0.2) is 0 Å². The summed E-state index contributed by atoms with van der Waals surface area (Å²) in [5.41, 5.74) is -0.391. The number of aliphatic hydroxyl groups excluding tert-OH is 2. The third kappa shape index (κ3) is 1.22. The minimum Gasteiger partial charge on any atom is -0.395 e. The summed E-state index contributed by atoms with van der Waals surface area (Å²) in [7, 11) is 0. The molecule has 58 valence electrons. The highest BCUT2D eigenvalue weighted by molar-refractivity contribution is 5.05. The van der Waals surface area contributed by atoms with Crippen LogP contribution in [0.3, 0.4) is 0 Å². The standard InChI is InChI=1S/C8H14O2/c1-8(6-9)5-3-2-4-7(8)10/h3,5,7,9-10H,2,4,6H2,1H3/t7-,8+/m1/s1. The van der Waals surface area contributed by atoms with E-state index in [1.54, 1.807) is 0 Å². The number of allylic oxidation sites excluding steroid dienone is 1. The molecule has 1 aliphatic carbocycles. The van der Waals surface area contributed by atoms with Crippen LogP contribution in [0.5, 0.6) is 0 Å². The quantitative estimate of drug-likeness (QED) is 0.529. The van der Waals surface area contributed by atoms with Gasteiger partial charge in [-0.1, -0.05) is 19.1 Å². The third-order valence-electron chi connectivity index (χ3n) is 2.21. The van der Waals surface area contributed by atoms with E-state index in [9.17, 15) is 5.11 Å². The lowest BCUT2D eigenvalue weighted by Gasteiger charge is -2.32. The van der Waals surface area contributed by atoms with Crippen molar-refractivity contribution in [3.63, 3.8) is 0 Å². The topological polar surface area (TPSA) is 40.5 Å². The molecule has 0 saturated heterocycles. The highest BCUT2D eigenvalue weighted by atomic mass is 16.3. The van der Waals surface area contributed by atoms with Crippen LogP contribution in [0.1, 0.15) is 19.8 Å². The molecular formula is C8H14O2. The molecule has 10 heavy (non-hydrogen) atoms. The summed E-state index contributed by atoms with van der Waals surface area (Å²) in [6.45, 7) is 1.90.